The Kier molecular flexibility index (Phi) is 5.03. The van der Waals surface area contributed by atoms with Crippen LogP contribution in [0.1, 0.15) is 45.2 Å². The Bertz CT molecular complexity index is 598. The zero-order valence-electron chi connectivity index (χ0n) is 13.8. The molecule has 0 spiro atoms. The lowest BCUT2D eigenvalue weighted by Crippen LogP contribution is -2.43. The zero-order chi connectivity index (χ0) is 17.0. The minimum Gasteiger partial charge on any atom is -0.348 e. The summed E-state index contributed by atoms with van der Waals surface area (Å²) >= 11 is 0. The van der Waals surface area contributed by atoms with E-state index >= 15 is 0 Å². The molecule has 4 amide bonds. The van der Waals surface area contributed by atoms with E-state index in [2.05, 4.69) is 10.6 Å². The monoisotopic (exact) mass is 317 g/mol. The summed E-state index contributed by atoms with van der Waals surface area (Å²) in [6.07, 6.45) is 1.71. The molecule has 1 aliphatic heterocycles. The molecule has 6 nitrogen and oxygen atoms in total. The van der Waals surface area contributed by atoms with Crippen LogP contribution in [-0.2, 0) is 9.59 Å². The maximum absolute atomic E-state index is 12.3. The standard InChI is InChI=1S/C17H23N3O3/c1-4-8-13(12-9-6-5-7-10-12)18-14(21)11-20-15(22)17(2,3)19-16(20)23/h5-7,9-10,13H,4,8,11H2,1-3H3,(H,18,21)(H,19,23)/t13-/m0/s1. The third kappa shape index (κ3) is 3.88. The number of carbonyl (C=O) groups excluding carboxylic acids is 3. The highest BCUT2D eigenvalue weighted by molar-refractivity contribution is 6.08. The van der Waals surface area contributed by atoms with E-state index in [0.717, 1.165) is 23.3 Å². The third-order valence-corrected chi connectivity index (χ3v) is 3.86. The summed E-state index contributed by atoms with van der Waals surface area (Å²) in [5.74, 6) is -0.724. The molecule has 0 bridgehead atoms. The third-order valence-electron chi connectivity index (χ3n) is 3.86. The number of hydrogen-bond donors (Lipinski definition) is 2. The van der Waals surface area contributed by atoms with Crippen molar-refractivity contribution < 1.29 is 14.4 Å². The molecule has 0 aliphatic carbocycles. The highest BCUT2D eigenvalue weighted by atomic mass is 16.2. The molecule has 2 rings (SSSR count). The van der Waals surface area contributed by atoms with Crippen LogP contribution >= 0.6 is 0 Å². The summed E-state index contributed by atoms with van der Waals surface area (Å²) < 4.78 is 0. The van der Waals surface area contributed by atoms with Crippen LogP contribution in [0.2, 0.25) is 0 Å². The number of amides is 4. The van der Waals surface area contributed by atoms with Crippen molar-refractivity contribution in [2.24, 2.45) is 0 Å². The van der Waals surface area contributed by atoms with Gasteiger partial charge in [0.05, 0.1) is 6.04 Å². The lowest BCUT2D eigenvalue weighted by Gasteiger charge is -2.21. The number of imide groups is 1. The van der Waals surface area contributed by atoms with Gasteiger partial charge in [-0.3, -0.25) is 14.5 Å². The number of rotatable bonds is 6. The minimum absolute atomic E-state index is 0.123. The van der Waals surface area contributed by atoms with Gasteiger partial charge in [-0.25, -0.2) is 4.79 Å². The zero-order valence-corrected chi connectivity index (χ0v) is 13.8. The molecule has 2 N–H and O–H groups in total. The average molecular weight is 317 g/mol. The topological polar surface area (TPSA) is 78.5 Å². The number of hydrogen-bond acceptors (Lipinski definition) is 3. The Morgan fingerprint density at radius 1 is 1.26 bits per heavy atom. The summed E-state index contributed by atoms with van der Waals surface area (Å²) in [6.45, 7) is 5.02. The number of carbonyl (C=O) groups is 3. The summed E-state index contributed by atoms with van der Waals surface area (Å²) in [4.78, 5) is 37.2. The lowest BCUT2D eigenvalue weighted by molar-refractivity contribution is -0.134. The molecular weight excluding hydrogens is 294 g/mol. The van der Waals surface area contributed by atoms with Crippen molar-refractivity contribution in [1.29, 1.82) is 0 Å². The molecule has 0 unspecified atom stereocenters. The van der Waals surface area contributed by atoms with Crippen molar-refractivity contribution in [3.8, 4) is 0 Å². The highest BCUT2D eigenvalue weighted by Crippen LogP contribution is 2.19. The van der Waals surface area contributed by atoms with Gasteiger partial charge in [0.15, 0.2) is 0 Å². The van der Waals surface area contributed by atoms with Gasteiger partial charge in [-0.2, -0.15) is 0 Å². The first-order valence-corrected chi connectivity index (χ1v) is 7.83. The molecular formula is C17H23N3O3. The van der Waals surface area contributed by atoms with Gasteiger partial charge >= 0.3 is 6.03 Å². The van der Waals surface area contributed by atoms with Crippen LogP contribution in [0.25, 0.3) is 0 Å². The van der Waals surface area contributed by atoms with Crippen molar-refractivity contribution in [1.82, 2.24) is 15.5 Å². The fraction of sp³-hybridized carbons (Fsp3) is 0.471. The molecule has 1 saturated heterocycles. The van der Waals surface area contributed by atoms with Crippen LogP contribution in [-0.4, -0.2) is 34.8 Å². The van der Waals surface area contributed by atoms with Gasteiger partial charge in [-0.05, 0) is 25.8 Å². The normalized spacial score (nSPS) is 17.8. The van der Waals surface area contributed by atoms with Crippen LogP contribution in [0.3, 0.4) is 0 Å². The van der Waals surface area contributed by atoms with Crippen molar-refractivity contribution in [2.45, 2.75) is 45.2 Å². The van der Waals surface area contributed by atoms with E-state index in [-0.39, 0.29) is 24.4 Å². The van der Waals surface area contributed by atoms with E-state index in [1.54, 1.807) is 13.8 Å². The first kappa shape index (κ1) is 17.0. The molecule has 1 aromatic rings. The van der Waals surface area contributed by atoms with Crippen LogP contribution in [0.5, 0.6) is 0 Å². The fourth-order valence-electron chi connectivity index (χ4n) is 2.64. The van der Waals surface area contributed by atoms with E-state index in [9.17, 15) is 14.4 Å². The predicted molar refractivity (Wildman–Crippen MR) is 86.6 cm³/mol. The molecule has 1 heterocycles. The van der Waals surface area contributed by atoms with E-state index in [0.29, 0.717) is 0 Å². The molecule has 0 radical (unpaired) electrons. The van der Waals surface area contributed by atoms with Crippen molar-refractivity contribution >= 4 is 17.8 Å². The van der Waals surface area contributed by atoms with Crippen LogP contribution < -0.4 is 10.6 Å². The number of nitrogens with one attached hydrogen (secondary N) is 2. The van der Waals surface area contributed by atoms with Crippen molar-refractivity contribution in [3.05, 3.63) is 35.9 Å². The van der Waals surface area contributed by atoms with Gasteiger partial charge < -0.3 is 10.6 Å². The Morgan fingerprint density at radius 3 is 2.43 bits per heavy atom. The highest BCUT2D eigenvalue weighted by Gasteiger charge is 2.44. The van der Waals surface area contributed by atoms with Crippen LogP contribution in [0.4, 0.5) is 4.79 Å². The number of nitrogens with zero attached hydrogens (tertiary/aromatic N) is 1. The van der Waals surface area contributed by atoms with Crippen LogP contribution in [0, 0.1) is 0 Å². The lowest BCUT2D eigenvalue weighted by atomic mass is 10.0. The molecule has 1 fully saturated rings. The van der Waals surface area contributed by atoms with Crippen molar-refractivity contribution in [3.63, 3.8) is 0 Å². The van der Waals surface area contributed by atoms with Gasteiger partial charge in [-0.15, -0.1) is 0 Å². The summed E-state index contributed by atoms with van der Waals surface area (Å²) in [6, 6.07) is 9.02. The molecule has 1 aliphatic rings. The first-order chi connectivity index (χ1) is 10.8. The quantitative estimate of drug-likeness (QED) is 0.787. The molecule has 1 aromatic carbocycles. The Labute approximate surface area is 136 Å². The summed E-state index contributed by atoms with van der Waals surface area (Å²) in [5.41, 5.74) is 0.0554. The summed E-state index contributed by atoms with van der Waals surface area (Å²) in [7, 11) is 0. The first-order valence-electron chi connectivity index (χ1n) is 7.83. The molecule has 23 heavy (non-hydrogen) atoms. The number of benzene rings is 1. The minimum atomic E-state index is -0.959. The average Bonchev–Trinajstić information content (AvgIpc) is 2.70. The van der Waals surface area contributed by atoms with Crippen LogP contribution in [0.15, 0.2) is 30.3 Å². The number of urea groups is 1. The molecule has 0 aromatic heterocycles. The molecule has 6 heteroatoms. The van der Waals surface area contributed by atoms with Gasteiger partial charge in [0.1, 0.15) is 12.1 Å². The van der Waals surface area contributed by atoms with Gasteiger partial charge in [0.2, 0.25) is 5.91 Å². The SMILES string of the molecule is CCC[C@H](NC(=O)CN1C(=O)NC(C)(C)C1=O)c1ccccc1. The van der Waals surface area contributed by atoms with Gasteiger partial charge in [0, 0.05) is 0 Å². The maximum atomic E-state index is 12.3. The second-order valence-electron chi connectivity index (χ2n) is 6.27. The summed E-state index contributed by atoms with van der Waals surface area (Å²) in [5, 5.41) is 5.48. The molecule has 124 valence electrons. The van der Waals surface area contributed by atoms with Gasteiger partial charge in [-0.1, -0.05) is 43.7 Å². The van der Waals surface area contributed by atoms with E-state index in [1.165, 1.54) is 0 Å². The Balaban J connectivity index is 2.03. The van der Waals surface area contributed by atoms with E-state index in [1.807, 2.05) is 37.3 Å². The second kappa shape index (κ2) is 6.81. The van der Waals surface area contributed by atoms with Gasteiger partial charge in [0.25, 0.3) is 5.91 Å². The molecule has 0 saturated carbocycles. The fourth-order valence-corrected chi connectivity index (χ4v) is 2.64. The maximum Gasteiger partial charge on any atom is 0.325 e. The smallest absolute Gasteiger partial charge is 0.325 e. The second-order valence-corrected chi connectivity index (χ2v) is 6.27. The van der Waals surface area contributed by atoms with E-state index in [4.69, 9.17) is 0 Å². The molecule has 1 atom stereocenters. The largest absolute Gasteiger partial charge is 0.348 e. The van der Waals surface area contributed by atoms with Crippen molar-refractivity contribution in [2.75, 3.05) is 6.54 Å². The van der Waals surface area contributed by atoms with E-state index < -0.39 is 11.6 Å². The Hall–Kier alpha value is -2.37. The predicted octanol–water partition coefficient (Wildman–Crippen LogP) is 1.97. The Morgan fingerprint density at radius 2 is 1.91 bits per heavy atom.